The highest BCUT2D eigenvalue weighted by molar-refractivity contribution is 7.07. The smallest absolute Gasteiger partial charge is 0.307 e. The second-order valence-corrected chi connectivity index (χ2v) is 4.93. The molecule has 4 nitrogen and oxygen atoms in total. The zero-order valence-electron chi connectivity index (χ0n) is 10.9. The van der Waals surface area contributed by atoms with Crippen LogP contribution in [0.2, 0.25) is 0 Å². The average molecular weight is 277 g/mol. The summed E-state index contributed by atoms with van der Waals surface area (Å²) in [6.07, 6.45) is 0. The van der Waals surface area contributed by atoms with Gasteiger partial charge in [0.15, 0.2) is 5.78 Å². The lowest BCUT2D eigenvalue weighted by molar-refractivity contribution is 0.0970. The van der Waals surface area contributed by atoms with Crippen LogP contribution in [0.5, 0.6) is 5.75 Å². The maximum atomic E-state index is 12.1. The van der Waals surface area contributed by atoms with Gasteiger partial charge >= 0.3 is 4.87 Å². The number of carbonyl (C=O) groups is 1. The van der Waals surface area contributed by atoms with Gasteiger partial charge in [0, 0.05) is 16.6 Å². The topological polar surface area (TPSA) is 48.3 Å². The third-order valence-corrected chi connectivity index (χ3v) is 3.65. The first-order valence-corrected chi connectivity index (χ1v) is 6.90. The molecule has 0 saturated carbocycles. The Morgan fingerprint density at radius 2 is 2.00 bits per heavy atom. The molecule has 0 N–H and O–H groups in total. The molecule has 0 fully saturated rings. The fraction of sp³-hybridized carbons (Fsp3) is 0.286. The van der Waals surface area contributed by atoms with Crippen LogP contribution in [0.3, 0.4) is 0 Å². The molecule has 0 aliphatic carbocycles. The number of ketones is 1. The van der Waals surface area contributed by atoms with E-state index in [1.165, 1.54) is 4.57 Å². The van der Waals surface area contributed by atoms with Crippen LogP contribution < -0.4 is 9.61 Å². The van der Waals surface area contributed by atoms with Gasteiger partial charge in [-0.15, -0.1) is 0 Å². The highest BCUT2D eigenvalue weighted by atomic mass is 32.1. The highest BCUT2D eigenvalue weighted by Crippen LogP contribution is 2.13. The van der Waals surface area contributed by atoms with Crippen molar-refractivity contribution in [3.05, 3.63) is 50.6 Å². The molecule has 0 atom stereocenters. The number of rotatable bonds is 5. The molecule has 0 aliphatic heterocycles. The third-order valence-electron chi connectivity index (χ3n) is 2.77. The number of ether oxygens (including phenoxy) is 1. The Labute approximate surface area is 115 Å². The molecule has 100 valence electrons. The molecule has 19 heavy (non-hydrogen) atoms. The maximum Gasteiger partial charge on any atom is 0.307 e. The van der Waals surface area contributed by atoms with Crippen molar-refractivity contribution in [2.45, 2.75) is 20.4 Å². The van der Waals surface area contributed by atoms with E-state index in [2.05, 4.69) is 0 Å². The second kappa shape index (κ2) is 5.84. The van der Waals surface area contributed by atoms with Crippen molar-refractivity contribution in [1.82, 2.24) is 4.57 Å². The lowest BCUT2D eigenvalue weighted by Crippen LogP contribution is -2.20. The van der Waals surface area contributed by atoms with E-state index >= 15 is 0 Å². The normalized spacial score (nSPS) is 10.4. The summed E-state index contributed by atoms with van der Waals surface area (Å²) in [5, 5.41) is 1.76. The Hall–Kier alpha value is -1.88. The van der Waals surface area contributed by atoms with E-state index in [1.54, 1.807) is 29.6 Å². The van der Waals surface area contributed by atoms with E-state index in [4.69, 9.17) is 4.74 Å². The largest absolute Gasteiger partial charge is 0.494 e. The van der Waals surface area contributed by atoms with Crippen LogP contribution in [0.1, 0.15) is 23.0 Å². The summed E-state index contributed by atoms with van der Waals surface area (Å²) < 4.78 is 6.81. The van der Waals surface area contributed by atoms with Crippen LogP contribution in [0.25, 0.3) is 0 Å². The quantitative estimate of drug-likeness (QED) is 0.789. The zero-order chi connectivity index (χ0) is 13.8. The number of aromatic nitrogens is 1. The molecule has 1 aromatic heterocycles. The summed E-state index contributed by atoms with van der Waals surface area (Å²) in [7, 11) is 0. The second-order valence-electron chi connectivity index (χ2n) is 4.11. The number of aryl methyl sites for hydroxylation is 1. The molecule has 0 bridgehead atoms. The predicted octanol–water partition coefficient (Wildman–Crippen LogP) is 2.50. The zero-order valence-corrected chi connectivity index (χ0v) is 11.7. The third kappa shape index (κ3) is 3.12. The highest BCUT2D eigenvalue weighted by Gasteiger charge is 2.10. The van der Waals surface area contributed by atoms with Gasteiger partial charge in [-0.3, -0.25) is 14.2 Å². The van der Waals surface area contributed by atoms with Gasteiger partial charge < -0.3 is 4.74 Å². The van der Waals surface area contributed by atoms with Crippen LogP contribution in [-0.4, -0.2) is 17.0 Å². The van der Waals surface area contributed by atoms with Crippen molar-refractivity contribution in [3.8, 4) is 5.75 Å². The molecule has 0 radical (unpaired) electrons. The lowest BCUT2D eigenvalue weighted by Gasteiger charge is -2.06. The molecular formula is C14H15NO3S. The molecule has 1 heterocycles. The van der Waals surface area contributed by atoms with Crippen molar-refractivity contribution in [1.29, 1.82) is 0 Å². The number of Topliss-reactive ketones (excluding diaryl/α,β-unsaturated/α-hetero) is 1. The molecular weight excluding hydrogens is 262 g/mol. The molecule has 1 aromatic carbocycles. The summed E-state index contributed by atoms with van der Waals surface area (Å²) in [6, 6.07) is 6.97. The van der Waals surface area contributed by atoms with Gasteiger partial charge in [0.1, 0.15) is 5.75 Å². The lowest BCUT2D eigenvalue weighted by atomic mass is 10.1. The van der Waals surface area contributed by atoms with Gasteiger partial charge in [0.2, 0.25) is 0 Å². The van der Waals surface area contributed by atoms with E-state index < -0.39 is 0 Å². The van der Waals surface area contributed by atoms with Crippen molar-refractivity contribution in [3.63, 3.8) is 0 Å². The van der Waals surface area contributed by atoms with E-state index in [0.717, 1.165) is 22.8 Å². The van der Waals surface area contributed by atoms with Gasteiger partial charge in [-0.2, -0.15) is 0 Å². The maximum absolute atomic E-state index is 12.1. The minimum atomic E-state index is -0.100. The fourth-order valence-corrected chi connectivity index (χ4v) is 2.47. The Balaban J connectivity index is 2.14. The first-order chi connectivity index (χ1) is 9.11. The van der Waals surface area contributed by atoms with Crippen molar-refractivity contribution >= 4 is 17.1 Å². The minimum absolute atomic E-state index is 0.0772. The number of hydrogen-bond acceptors (Lipinski definition) is 4. The summed E-state index contributed by atoms with van der Waals surface area (Å²) in [4.78, 5) is 23.5. The monoisotopic (exact) mass is 277 g/mol. The number of hydrogen-bond donors (Lipinski definition) is 0. The van der Waals surface area contributed by atoms with Crippen molar-refractivity contribution < 1.29 is 9.53 Å². The van der Waals surface area contributed by atoms with Crippen LogP contribution in [0.4, 0.5) is 0 Å². The summed E-state index contributed by atoms with van der Waals surface area (Å²) in [5.41, 5.74) is 1.40. The number of benzene rings is 1. The molecule has 5 heteroatoms. The van der Waals surface area contributed by atoms with Crippen molar-refractivity contribution in [2.75, 3.05) is 6.61 Å². The molecule has 2 aromatic rings. The minimum Gasteiger partial charge on any atom is -0.494 e. The van der Waals surface area contributed by atoms with Gasteiger partial charge in [-0.25, -0.2) is 0 Å². The van der Waals surface area contributed by atoms with Crippen LogP contribution in [-0.2, 0) is 6.54 Å². The summed E-state index contributed by atoms with van der Waals surface area (Å²) >= 11 is 1.11. The molecule has 0 aliphatic rings. The van der Waals surface area contributed by atoms with Crippen LogP contribution >= 0.6 is 11.3 Å². The first-order valence-electron chi connectivity index (χ1n) is 6.03. The Morgan fingerprint density at radius 3 is 2.53 bits per heavy atom. The van der Waals surface area contributed by atoms with Crippen LogP contribution in [0.15, 0.2) is 34.4 Å². The molecule has 2 rings (SSSR count). The predicted molar refractivity (Wildman–Crippen MR) is 75.3 cm³/mol. The first kappa shape index (κ1) is 13.5. The van der Waals surface area contributed by atoms with E-state index in [0.29, 0.717) is 12.2 Å². The molecule has 0 saturated heterocycles. The SMILES string of the molecule is CCOc1ccc(C(=O)Cn2c(C)csc2=O)cc1. The Morgan fingerprint density at radius 1 is 1.32 bits per heavy atom. The van der Waals surface area contributed by atoms with E-state index in [1.807, 2.05) is 13.8 Å². The number of nitrogens with zero attached hydrogens (tertiary/aromatic N) is 1. The van der Waals surface area contributed by atoms with Crippen molar-refractivity contribution in [2.24, 2.45) is 0 Å². The Kier molecular flexibility index (Phi) is 4.16. The molecule has 0 unspecified atom stereocenters. The average Bonchev–Trinajstić information content (AvgIpc) is 2.72. The summed E-state index contributed by atoms with van der Waals surface area (Å²) in [5.74, 6) is 0.662. The van der Waals surface area contributed by atoms with Gasteiger partial charge in [0.05, 0.1) is 13.2 Å². The summed E-state index contributed by atoms with van der Waals surface area (Å²) in [6.45, 7) is 4.41. The standard InChI is InChI=1S/C14H15NO3S/c1-3-18-12-6-4-11(5-7-12)13(16)8-15-10(2)9-19-14(15)17/h4-7,9H,3,8H2,1-2H3. The van der Waals surface area contributed by atoms with E-state index in [-0.39, 0.29) is 17.2 Å². The van der Waals surface area contributed by atoms with Gasteiger partial charge in [0.25, 0.3) is 0 Å². The Bertz CT molecular complexity index is 625. The van der Waals surface area contributed by atoms with Crippen LogP contribution in [0, 0.1) is 6.92 Å². The van der Waals surface area contributed by atoms with E-state index in [9.17, 15) is 9.59 Å². The van der Waals surface area contributed by atoms with Gasteiger partial charge in [-0.1, -0.05) is 11.3 Å². The molecule has 0 spiro atoms. The molecule has 0 amide bonds. The fourth-order valence-electron chi connectivity index (χ4n) is 1.73. The number of carbonyl (C=O) groups excluding carboxylic acids is 1. The van der Waals surface area contributed by atoms with Gasteiger partial charge in [-0.05, 0) is 38.1 Å². The number of thiazole rings is 1.